The van der Waals surface area contributed by atoms with E-state index in [1.54, 1.807) is 6.92 Å². The van der Waals surface area contributed by atoms with E-state index in [-0.39, 0.29) is 12.5 Å². The third-order valence-corrected chi connectivity index (χ3v) is 2.68. The summed E-state index contributed by atoms with van der Waals surface area (Å²) in [6.45, 7) is 3.39. The highest BCUT2D eigenvalue weighted by Gasteiger charge is 2.29. The smallest absolute Gasteiger partial charge is 0.304 e. The molecule has 0 spiro atoms. The maximum Gasteiger partial charge on any atom is 0.304 e. The minimum Gasteiger partial charge on any atom is -0.481 e. The summed E-state index contributed by atoms with van der Waals surface area (Å²) in [7, 11) is 0. The van der Waals surface area contributed by atoms with Crippen molar-refractivity contribution in [1.29, 1.82) is 0 Å². The normalized spacial score (nSPS) is 22.3. The molecule has 1 unspecified atom stereocenters. The number of carboxylic acids is 1. The molecule has 0 saturated carbocycles. The van der Waals surface area contributed by atoms with Crippen LogP contribution in [-0.4, -0.2) is 47.6 Å². The molecule has 1 saturated heterocycles. The summed E-state index contributed by atoms with van der Waals surface area (Å²) in [6, 6.07) is -0.116. The highest BCUT2D eigenvalue weighted by Crippen LogP contribution is 2.19. The summed E-state index contributed by atoms with van der Waals surface area (Å²) in [5.41, 5.74) is -0.731. The van der Waals surface area contributed by atoms with E-state index in [0.29, 0.717) is 32.6 Å². The van der Waals surface area contributed by atoms with Crippen LogP contribution in [0.4, 0.5) is 0 Å². The van der Waals surface area contributed by atoms with Gasteiger partial charge in [0.2, 0.25) is 0 Å². The lowest BCUT2D eigenvalue weighted by atomic mass is 9.94. The molecule has 0 aromatic heterocycles. The summed E-state index contributed by atoms with van der Waals surface area (Å²) in [6.07, 6.45) is 1.30. The minimum atomic E-state index is -0.825. The van der Waals surface area contributed by atoms with Gasteiger partial charge in [-0.15, -0.1) is 0 Å². The van der Waals surface area contributed by atoms with Crippen molar-refractivity contribution >= 4 is 5.97 Å². The topological polar surface area (TPSA) is 78.8 Å². The molecule has 1 rings (SSSR count). The average molecular weight is 217 g/mol. The molecule has 1 heterocycles. The fourth-order valence-electron chi connectivity index (χ4n) is 1.63. The maximum atomic E-state index is 10.4. The summed E-state index contributed by atoms with van der Waals surface area (Å²) >= 11 is 0. The highest BCUT2D eigenvalue weighted by molar-refractivity contribution is 5.67. The zero-order chi connectivity index (χ0) is 11.3. The van der Waals surface area contributed by atoms with Crippen molar-refractivity contribution in [3.63, 3.8) is 0 Å². The maximum absolute atomic E-state index is 10.4. The van der Waals surface area contributed by atoms with Crippen molar-refractivity contribution < 1.29 is 19.7 Å². The second kappa shape index (κ2) is 5.44. The Hall–Kier alpha value is -0.650. The number of rotatable bonds is 5. The Morgan fingerprint density at radius 1 is 1.53 bits per heavy atom. The van der Waals surface area contributed by atoms with Gasteiger partial charge in [-0.3, -0.25) is 4.79 Å². The molecule has 0 aliphatic carbocycles. The van der Waals surface area contributed by atoms with Gasteiger partial charge >= 0.3 is 5.97 Å². The van der Waals surface area contributed by atoms with Gasteiger partial charge in [0.15, 0.2) is 0 Å². The molecule has 1 aliphatic heterocycles. The van der Waals surface area contributed by atoms with Crippen LogP contribution >= 0.6 is 0 Å². The van der Waals surface area contributed by atoms with Gasteiger partial charge < -0.3 is 20.3 Å². The first-order chi connectivity index (χ1) is 7.02. The van der Waals surface area contributed by atoms with Gasteiger partial charge in [-0.1, -0.05) is 0 Å². The van der Waals surface area contributed by atoms with E-state index in [0.717, 1.165) is 0 Å². The second-order valence-electron chi connectivity index (χ2n) is 4.22. The van der Waals surface area contributed by atoms with Crippen molar-refractivity contribution in [2.24, 2.45) is 0 Å². The van der Waals surface area contributed by atoms with Crippen LogP contribution in [-0.2, 0) is 9.53 Å². The van der Waals surface area contributed by atoms with Crippen LogP contribution in [0.25, 0.3) is 0 Å². The Morgan fingerprint density at radius 2 is 2.13 bits per heavy atom. The summed E-state index contributed by atoms with van der Waals surface area (Å²) in [5, 5.41) is 21.7. The van der Waals surface area contributed by atoms with E-state index in [1.807, 2.05) is 0 Å². The molecule has 5 heteroatoms. The van der Waals surface area contributed by atoms with Crippen LogP contribution in [0.3, 0.4) is 0 Å². The van der Waals surface area contributed by atoms with Gasteiger partial charge in [0, 0.05) is 38.6 Å². The van der Waals surface area contributed by atoms with Gasteiger partial charge in [0.05, 0.1) is 12.0 Å². The molecule has 1 aliphatic rings. The van der Waals surface area contributed by atoms with Crippen molar-refractivity contribution in [1.82, 2.24) is 5.32 Å². The van der Waals surface area contributed by atoms with E-state index in [4.69, 9.17) is 9.84 Å². The van der Waals surface area contributed by atoms with E-state index >= 15 is 0 Å². The number of aliphatic hydroxyl groups is 1. The van der Waals surface area contributed by atoms with Crippen molar-refractivity contribution in [2.75, 3.05) is 19.8 Å². The molecule has 0 aromatic rings. The standard InChI is InChI=1S/C10H19NO4/c1-8(6-9(12)13)11-7-10(14)2-4-15-5-3-10/h8,11,14H,2-7H2,1H3,(H,12,13). The largest absolute Gasteiger partial charge is 0.481 e. The van der Waals surface area contributed by atoms with Crippen molar-refractivity contribution in [2.45, 2.75) is 37.8 Å². The molecule has 0 aromatic carbocycles. The van der Waals surface area contributed by atoms with Crippen LogP contribution in [0, 0.1) is 0 Å². The lowest BCUT2D eigenvalue weighted by Crippen LogP contribution is -2.47. The van der Waals surface area contributed by atoms with Crippen LogP contribution < -0.4 is 5.32 Å². The first-order valence-electron chi connectivity index (χ1n) is 5.27. The molecule has 15 heavy (non-hydrogen) atoms. The molecule has 88 valence electrons. The van der Waals surface area contributed by atoms with Gasteiger partial charge in [-0.25, -0.2) is 0 Å². The van der Waals surface area contributed by atoms with Crippen molar-refractivity contribution in [3.8, 4) is 0 Å². The molecular formula is C10H19NO4. The average Bonchev–Trinajstić information content (AvgIpc) is 2.15. The molecule has 0 amide bonds. The fraction of sp³-hybridized carbons (Fsp3) is 0.900. The van der Waals surface area contributed by atoms with Gasteiger partial charge in [0.1, 0.15) is 0 Å². The van der Waals surface area contributed by atoms with Gasteiger partial charge in [-0.05, 0) is 6.92 Å². The lowest BCUT2D eigenvalue weighted by molar-refractivity contribution is -0.137. The van der Waals surface area contributed by atoms with E-state index < -0.39 is 11.6 Å². The third kappa shape index (κ3) is 4.59. The first-order valence-corrected chi connectivity index (χ1v) is 5.27. The molecule has 1 atom stereocenters. The number of aliphatic carboxylic acids is 1. The van der Waals surface area contributed by atoms with Crippen LogP contribution in [0.15, 0.2) is 0 Å². The molecular weight excluding hydrogens is 198 g/mol. The Morgan fingerprint density at radius 3 is 2.67 bits per heavy atom. The van der Waals surface area contributed by atoms with E-state index in [2.05, 4.69) is 5.32 Å². The number of carbonyl (C=O) groups is 1. The quantitative estimate of drug-likeness (QED) is 0.603. The highest BCUT2D eigenvalue weighted by atomic mass is 16.5. The second-order valence-corrected chi connectivity index (χ2v) is 4.22. The van der Waals surface area contributed by atoms with Gasteiger partial charge in [-0.2, -0.15) is 0 Å². The lowest BCUT2D eigenvalue weighted by Gasteiger charge is -2.33. The summed E-state index contributed by atoms with van der Waals surface area (Å²) in [5.74, 6) is -0.825. The number of hydrogen-bond donors (Lipinski definition) is 3. The summed E-state index contributed by atoms with van der Waals surface area (Å²) < 4.78 is 5.15. The first kappa shape index (κ1) is 12.4. The molecule has 5 nitrogen and oxygen atoms in total. The van der Waals surface area contributed by atoms with E-state index in [1.165, 1.54) is 0 Å². The number of carboxylic acid groups (broad SMARTS) is 1. The third-order valence-electron chi connectivity index (χ3n) is 2.68. The minimum absolute atomic E-state index is 0.0760. The Kier molecular flexibility index (Phi) is 4.50. The Bertz CT molecular complexity index is 213. The monoisotopic (exact) mass is 217 g/mol. The molecule has 0 radical (unpaired) electrons. The van der Waals surface area contributed by atoms with Gasteiger partial charge in [0.25, 0.3) is 0 Å². The molecule has 1 fully saturated rings. The zero-order valence-electron chi connectivity index (χ0n) is 9.03. The van der Waals surface area contributed by atoms with E-state index in [9.17, 15) is 9.90 Å². The Labute approximate surface area is 89.4 Å². The SMILES string of the molecule is CC(CC(=O)O)NCC1(O)CCOCC1. The predicted molar refractivity (Wildman–Crippen MR) is 54.7 cm³/mol. The van der Waals surface area contributed by atoms with Crippen LogP contribution in [0.1, 0.15) is 26.2 Å². The number of nitrogens with one attached hydrogen (secondary N) is 1. The van der Waals surface area contributed by atoms with Crippen molar-refractivity contribution in [3.05, 3.63) is 0 Å². The number of hydrogen-bond acceptors (Lipinski definition) is 4. The number of ether oxygens (including phenoxy) is 1. The molecule has 0 bridgehead atoms. The van der Waals surface area contributed by atoms with Crippen LogP contribution in [0.5, 0.6) is 0 Å². The zero-order valence-corrected chi connectivity index (χ0v) is 9.03. The Balaban J connectivity index is 2.25. The fourth-order valence-corrected chi connectivity index (χ4v) is 1.63. The molecule has 3 N–H and O–H groups in total. The predicted octanol–water partition coefficient (Wildman–Crippen LogP) is -0.0193. The van der Waals surface area contributed by atoms with Crippen LogP contribution in [0.2, 0.25) is 0 Å². The summed E-state index contributed by atoms with van der Waals surface area (Å²) in [4.78, 5) is 10.4.